The average molecular weight is 336 g/mol. The number of benzene rings is 2. The fourth-order valence-electron chi connectivity index (χ4n) is 2.27. The van der Waals surface area contributed by atoms with Crippen molar-refractivity contribution in [1.29, 1.82) is 0 Å². The highest BCUT2D eigenvalue weighted by molar-refractivity contribution is 5.84. The van der Waals surface area contributed by atoms with Gasteiger partial charge in [-0.05, 0) is 47.7 Å². The standard InChI is InChI=1S/C22H24O3/c1-4-17(2)19-11-15-21(16-12-19)25-22(23)8-6-5-7-18-9-13-20(24-3)14-10-18/h5-17H,4H2,1-3H3/b7-5+,8-6+. The third-order valence-corrected chi connectivity index (χ3v) is 4.03. The molecule has 0 heterocycles. The highest BCUT2D eigenvalue weighted by atomic mass is 16.5. The van der Waals surface area contributed by atoms with Gasteiger partial charge >= 0.3 is 5.97 Å². The van der Waals surface area contributed by atoms with Crippen LogP contribution in [0.25, 0.3) is 6.08 Å². The summed E-state index contributed by atoms with van der Waals surface area (Å²) < 4.78 is 10.4. The average Bonchev–Trinajstić information content (AvgIpc) is 2.65. The van der Waals surface area contributed by atoms with E-state index in [2.05, 4.69) is 13.8 Å². The molecular weight excluding hydrogens is 312 g/mol. The van der Waals surface area contributed by atoms with Crippen LogP contribution in [0.2, 0.25) is 0 Å². The molecule has 3 heteroatoms. The fourth-order valence-corrected chi connectivity index (χ4v) is 2.27. The third kappa shape index (κ3) is 5.96. The Hall–Kier alpha value is -2.81. The quantitative estimate of drug-likeness (QED) is 0.294. The van der Waals surface area contributed by atoms with Gasteiger partial charge in [0.05, 0.1) is 7.11 Å². The second kappa shape index (κ2) is 9.48. The Morgan fingerprint density at radius 3 is 2.24 bits per heavy atom. The van der Waals surface area contributed by atoms with Crippen molar-refractivity contribution in [2.24, 2.45) is 0 Å². The number of methoxy groups -OCH3 is 1. The molecule has 0 amide bonds. The lowest BCUT2D eigenvalue weighted by Crippen LogP contribution is -2.03. The zero-order valence-electron chi connectivity index (χ0n) is 14.9. The van der Waals surface area contributed by atoms with E-state index in [1.165, 1.54) is 11.6 Å². The second-order valence-electron chi connectivity index (χ2n) is 5.79. The summed E-state index contributed by atoms with van der Waals surface area (Å²) >= 11 is 0. The van der Waals surface area contributed by atoms with Gasteiger partial charge in [-0.25, -0.2) is 4.79 Å². The van der Waals surface area contributed by atoms with Crippen molar-refractivity contribution in [1.82, 2.24) is 0 Å². The molecule has 0 bridgehead atoms. The van der Waals surface area contributed by atoms with Crippen molar-refractivity contribution < 1.29 is 14.3 Å². The minimum Gasteiger partial charge on any atom is -0.497 e. The maximum Gasteiger partial charge on any atom is 0.336 e. The van der Waals surface area contributed by atoms with Gasteiger partial charge in [0.25, 0.3) is 0 Å². The normalized spacial score (nSPS) is 12.4. The lowest BCUT2D eigenvalue weighted by Gasteiger charge is -2.09. The highest BCUT2D eigenvalue weighted by Crippen LogP contribution is 2.21. The van der Waals surface area contributed by atoms with Crippen molar-refractivity contribution in [2.75, 3.05) is 7.11 Å². The molecule has 0 aromatic heterocycles. The minimum atomic E-state index is -0.393. The van der Waals surface area contributed by atoms with Crippen molar-refractivity contribution in [3.8, 4) is 11.5 Å². The number of rotatable bonds is 7. The van der Waals surface area contributed by atoms with E-state index in [1.807, 2.05) is 54.6 Å². The largest absolute Gasteiger partial charge is 0.497 e. The van der Waals surface area contributed by atoms with E-state index in [-0.39, 0.29) is 0 Å². The summed E-state index contributed by atoms with van der Waals surface area (Å²) in [6, 6.07) is 15.3. The summed E-state index contributed by atoms with van der Waals surface area (Å²) in [5, 5.41) is 0. The van der Waals surface area contributed by atoms with Crippen LogP contribution in [0, 0.1) is 0 Å². The molecule has 0 aliphatic rings. The first-order valence-corrected chi connectivity index (χ1v) is 8.43. The minimum absolute atomic E-state index is 0.393. The van der Waals surface area contributed by atoms with E-state index in [0.717, 1.165) is 17.7 Å². The number of allylic oxidation sites excluding steroid dienone is 2. The van der Waals surface area contributed by atoms with Gasteiger partial charge in [0, 0.05) is 6.08 Å². The summed E-state index contributed by atoms with van der Waals surface area (Å²) in [5.41, 5.74) is 2.28. The molecular formula is C22H24O3. The molecule has 0 fully saturated rings. The first-order chi connectivity index (χ1) is 12.1. The molecule has 0 N–H and O–H groups in total. The number of hydrogen-bond donors (Lipinski definition) is 0. The van der Waals surface area contributed by atoms with Gasteiger partial charge in [-0.1, -0.05) is 56.3 Å². The van der Waals surface area contributed by atoms with Gasteiger partial charge in [0.1, 0.15) is 11.5 Å². The van der Waals surface area contributed by atoms with Crippen molar-refractivity contribution in [3.63, 3.8) is 0 Å². The summed E-state index contributed by atoms with van der Waals surface area (Å²) in [5.74, 6) is 1.49. The highest BCUT2D eigenvalue weighted by Gasteiger charge is 2.04. The number of carbonyl (C=O) groups is 1. The lowest BCUT2D eigenvalue weighted by molar-refractivity contribution is -0.128. The Labute approximate surface area is 149 Å². The summed E-state index contributed by atoms with van der Waals surface area (Å²) in [6.07, 6.45) is 7.87. The molecule has 0 spiro atoms. The molecule has 25 heavy (non-hydrogen) atoms. The third-order valence-electron chi connectivity index (χ3n) is 4.03. The van der Waals surface area contributed by atoms with E-state index >= 15 is 0 Å². The topological polar surface area (TPSA) is 35.5 Å². The SMILES string of the molecule is CCC(C)c1ccc(OC(=O)/C=C/C=C/c2ccc(OC)cc2)cc1. The molecule has 2 aromatic carbocycles. The van der Waals surface area contributed by atoms with Gasteiger partial charge in [0.2, 0.25) is 0 Å². The van der Waals surface area contributed by atoms with Crippen LogP contribution in [0.15, 0.2) is 66.8 Å². The van der Waals surface area contributed by atoms with Crippen LogP contribution >= 0.6 is 0 Å². The molecule has 0 aliphatic heterocycles. The fraction of sp³-hybridized carbons (Fsp3) is 0.227. The van der Waals surface area contributed by atoms with Crippen LogP contribution in [0.1, 0.15) is 37.3 Å². The van der Waals surface area contributed by atoms with Gasteiger partial charge in [-0.2, -0.15) is 0 Å². The monoisotopic (exact) mass is 336 g/mol. The van der Waals surface area contributed by atoms with Gasteiger partial charge < -0.3 is 9.47 Å². The van der Waals surface area contributed by atoms with Crippen LogP contribution in [0.4, 0.5) is 0 Å². The maximum absolute atomic E-state index is 11.8. The van der Waals surface area contributed by atoms with E-state index in [0.29, 0.717) is 11.7 Å². The molecule has 1 atom stereocenters. The Bertz CT molecular complexity index is 725. The van der Waals surface area contributed by atoms with Crippen LogP contribution in [-0.4, -0.2) is 13.1 Å². The van der Waals surface area contributed by atoms with Gasteiger partial charge in [-0.3, -0.25) is 0 Å². The Kier molecular flexibility index (Phi) is 7.02. The number of carbonyl (C=O) groups excluding carboxylic acids is 1. The number of esters is 1. The predicted octanol–water partition coefficient (Wildman–Crippen LogP) is 5.38. The molecule has 0 saturated carbocycles. The van der Waals surface area contributed by atoms with Crippen molar-refractivity contribution in [2.45, 2.75) is 26.2 Å². The van der Waals surface area contributed by atoms with Crippen LogP contribution in [0.5, 0.6) is 11.5 Å². The zero-order valence-corrected chi connectivity index (χ0v) is 14.9. The van der Waals surface area contributed by atoms with E-state index in [1.54, 1.807) is 19.3 Å². The molecule has 0 saturated heterocycles. The van der Waals surface area contributed by atoms with E-state index < -0.39 is 5.97 Å². The van der Waals surface area contributed by atoms with Crippen molar-refractivity contribution in [3.05, 3.63) is 77.9 Å². The molecule has 1 unspecified atom stereocenters. The Morgan fingerprint density at radius 1 is 1.00 bits per heavy atom. The molecule has 2 rings (SSSR count). The first kappa shape index (κ1) is 18.5. The predicted molar refractivity (Wildman–Crippen MR) is 102 cm³/mol. The Morgan fingerprint density at radius 2 is 1.64 bits per heavy atom. The number of hydrogen-bond acceptors (Lipinski definition) is 3. The molecule has 0 aliphatic carbocycles. The molecule has 3 nitrogen and oxygen atoms in total. The smallest absolute Gasteiger partial charge is 0.336 e. The number of ether oxygens (including phenoxy) is 2. The van der Waals surface area contributed by atoms with Crippen LogP contribution < -0.4 is 9.47 Å². The lowest BCUT2D eigenvalue weighted by atomic mass is 9.99. The maximum atomic E-state index is 11.8. The summed E-state index contributed by atoms with van der Waals surface area (Å²) in [7, 11) is 1.64. The van der Waals surface area contributed by atoms with E-state index in [4.69, 9.17) is 9.47 Å². The second-order valence-corrected chi connectivity index (χ2v) is 5.79. The summed E-state index contributed by atoms with van der Waals surface area (Å²) in [6.45, 7) is 4.34. The Balaban J connectivity index is 1.86. The molecule has 130 valence electrons. The molecule has 0 radical (unpaired) electrons. The first-order valence-electron chi connectivity index (χ1n) is 8.43. The zero-order chi connectivity index (χ0) is 18.1. The molecule has 2 aromatic rings. The van der Waals surface area contributed by atoms with E-state index in [9.17, 15) is 4.79 Å². The van der Waals surface area contributed by atoms with Crippen molar-refractivity contribution >= 4 is 12.0 Å². The van der Waals surface area contributed by atoms with Crippen LogP contribution in [-0.2, 0) is 4.79 Å². The van der Waals surface area contributed by atoms with Gasteiger partial charge in [0.15, 0.2) is 0 Å². The van der Waals surface area contributed by atoms with Crippen LogP contribution in [0.3, 0.4) is 0 Å². The summed E-state index contributed by atoms with van der Waals surface area (Å²) in [4.78, 5) is 11.8. The van der Waals surface area contributed by atoms with Gasteiger partial charge in [-0.15, -0.1) is 0 Å².